The topological polar surface area (TPSA) is 44.5 Å². The fraction of sp³-hybridized carbons (Fsp3) is 0.250. The minimum Gasteiger partial charge on any atom is -0.428 e. The van der Waals surface area contributed by atoms with Gasteiger partial charge in [0.05, 0.1) is 6.04 Å². The molecule has 0 saturated heterocycles. The Balaban J connectivity index is 2.17. The average Bonchev–Trinajstić information content (AvgIpc) is 2.53. The standard InChI is InChI=1S/C16H12F7NO2/c17-14(18)15(19,20)25-12-3-1-2-10(8-12)13(24)9-4-6-11(7-5-9)26-16(21,22)23/h1-8,13-14H,24H2/t13-/m0/s1. The lowest BCUT2D eigenvalue weighted by molar-refractivity contribution is -0.274. The number of hydrogen-bond donors (Lipinski definition) is 1. The van der Waals surface area contributed by atoms with Gasteiger partial charge in [-0.3, -0.25) is 0 Å². The summed E-state index contributed by atoms with van der Waals surface area (Å²) >= 11 is 0. The molecule has 0 spiro atoms. The molecule has 2 aromatic rings. The monoisotopic (exact) mass is 383 g/mol. The van der Waals surface area contributed by atoms with Crippen molar-refractivity contribution < 1.29 is 40.2 Å². The first-order valence-corrected chi connectivity index (χ1v) is 7.04. The van der Waals surface area contributed by atoms with Crippen LogP contribution < -0.4 is 15.2 Å². The second-order valence-corrected chi connectivity index (χ2v) is 5.13. The highest BCUT2D eigenvalue weighted by Gasteiger charge is 2.44. The van der Waals surface area contributed by atoms with Gasteiger partial charge in [-0.2, -0.15) is 17.6 Å². The molecule has 0 radical (unpaired) electrons. The summed E-state index contributed by atoms with van der Waals surface area (Å²) in [6.07, 6.45) is -13.5. The Labute approximate surface area is 143 Å². The van der Waals surface area contributed by atoms with Crippen LogP contribution in [0.4, 0.5) is 30.7 Å². The molecule has 0 unspecified atom stereocenters. The third-order valence-corrected chi connectivity index (χ3v) is 3.20. The quantitative estimate of drug-likeness (QED) is 0.724. The molecule has 3 nitrogen and oxygen atoms in total. The molecular weight excluding hydrogens is 371 g/mol. The molecule has 2 aromatic carbocycles. The lowest BCUT2D eigenvalue weighted by Gasteiger charge is -2.19. The Hall–Kier alpha value is -2.49. The van der Waals surface area contributed by atoms with Crippen molar-refractivity contribution in [2.24, 2.45) is 5.73 Å². The predicted octanol–water partition coefficient (Wildman–Crippen LogP) is 4.87. The van der Waals surface area contributed by atoms with Crippen molar-refractivity contribution in [3.8, 4) is 11.5 Å². The molecule has 0 aliphatic carbocycles. The number of ether oxygens (including phenoxy) is 2. The van der Waals surface area contributed by atoms with Gasteiger partial charge in [0.25, 0.3) is 0 Å². The lowest BCUT2D eigenvalue weighted by atomic mass is 9.99. The minimum atomic E-state index is -4.84. The number of nitrogens with two attached hydrogens (primary N) is 1. The van der Waals surface area contributed by atoms with Crippen LogP contribution in [-0.2, 0) is 0 Å². The summed E-state index contributed by atoms with van der Waals surface area (Å²) in [5.74, 6) is -0.984. The zero-order valence-corrected chi connectivity index (χ0v) is 12.8. The highest BCUT2D eigenvalue weighted by molar-refractivity contribution is 5.38. The molecule has 0 bridgehead atoms. The van der Waals surface area contributed by atoms with Crippen molar-refractivity contribution >= 4 is 0 Å². The number of halogens is 7. The van der Waals surface area contributed by atoms with E-state index in [-0.39, 0.29) is 5.56 Å². The summed E-state index contributed by atoms with van der Waals surface area (Å²) in [4.78, 5) is 0. The van der Waals surface area contributed by atoms with Gasteiger partial charge in [-0.25, -0.2) is 0 Å². The van der Waals surface area contributed by atoms with Crippen LogP contribution in [0.5, 0.6) is 11.5 Å². The van der Waals surface area contributed by atoms with Crippen LogP contribution in [0.3, 0.4) is 0 Å². The van der Waals surface area contributed by atoms with Gasteiger partial charge in [-0.1, -0.05) is 24.3 Å². The van der Waals surface area contributed by atoms with Crippen molar-refractivity contribution in [1.29, 1.82) is 0 Å². The molecule has 0 fully saturated rings. The molecule has 2 rings (SSSR count). The second-order valence-electron chi connectivity index (χ2n) is 5.13. The maximum Gasteiger partial charge on any atom is 0.573 e. The van der Waals surface area contributed by atoms with Crippen LogP contribution in [0.1, 0.15) is 17.2 Å². The first-order valence-electron chi connectivity index (χ1n) is 7.04. The largest absolute Gasteiger partial charge is 0.573 e. The van der Waals surface area contributed by atoms with Gasteiger partial charge in [0.2, 0.25) is 0 Å². The molecule has 0 saturated carbocycles. The second kappa shape index (κ2) is 7.40. The summed E-state index contributed by atoms with van der Waals surface area (Å²) in [5, 5.41) is 0. The third kappa shape index (κ3) is 5.25. The smallest absolute Gasteiger partial charge is 0.428 e. The van der Waals surface area contributed by atoms with E-state index in [1.165, 1.54) is 24.3 Å². The van der Waals surface area contributed by atoms with E-state index in [0.29, 0.717) is 5.56 Å². The molecule has 10 heteroatoms. The Morgan fingerprint density at radius 3 is 1.92 bits per heavy atom. The van der Waals surface area contributed by atoms with Crippen molar-refractivity contribution in [2.75, 3.05) is 0 Å². The predicted molar refractivity (Wildman–Crippen MR) is 77.2 cm³/mol. The average molecular weight is 383 g/mol. The number of rotatable bonds is 6. The first kappa shape index (κ1) is 19.8. The van der Waals surface area contributed by atoms with E-state index in [1.54, 1.807) is 0 Å². The molecule has 0 aromatic heterocycles. The van der Waals surface area contributed by atoms with Crippen LogP contribution in [0.25, 0.3) is 0 Å². The molecular formula is C16H12F7NO2. The minimum absolute atomic E-state index is 0.233. The molecule has 0 aliphatic heterocycles. The normalized spacial score (nSPS) is 13.6. The Bertz CT molecular complexity index is 732. The highest BCUT2D eigenvalue weighted by atomic mass is 19.4. The molecule has 1 atom stereocenters. The first-order chi connectivity index (χ1) is 12.0. The molecule has 0 amide bonds. The van der Waals surface area contributed by atoms with E-state index in [0.717, 1.165) is 24.3 Å². The zero-order valence-electron chi connectivity index (χ0n) is 12.8. The van der Waals surface area contributed by atoms with Gasteiger partial charge in [0.15, 0.2) is 0 Å². The summed E-state index contributed by atoms with van der Waals surface area (Å²) in [7, 11) is 0. The molecule has 2 N–H and O–H groups in total. The van der Waals surface area contributed by atoms with Crippen molar-refractivity contribution in [3.63, 3.8) is 0 Å². The number of alkyl halides is 7. The molecule has 0 aliphatic rings. The SMILES string of the molecule is N[C@@H](c1ccc(OC(F)(F)F)cc1)c1cccc(OC(F)(F)C(F)F)c1. The lowest BCUT2D eigenvalue weighted by Crippen LogP contribution is -2.33. The van der Waals surface area contributed by atoms with E-state index < -0.39 is 36.4 Å². The fourth-order valence-electron chi connectivity index (χ4n) is 2.04. The van der Waals surface area contributed by atoms with Crippen molar-refractivity contribution in [1.82, 2.24) is 0 Å². The summed E-state index contributed by atoms with van der Waals surface area (Å²) in [6, 6.07) is 8.46. The highest BCUT2D eigenvalue weighted by Crippen LogP contribution is 2.31. The van der Waals surface area contributed by atoms with Crippen LogP contribution in [0.15, 0.2) is 48.5 Å². The maximum atomic E-state index is 13.0. The van der Waals surface area contributed by atoms with Gasteiger partial charge in [0.1, 0.15) is 11.5 Å². The van der Waals surface area contributed by atoms with E-state index in [2.05, 4.69) is 9.47 Å². The molecule has 26 heavy (non-hydrogen) atoms. The van der Waals surface area contributed by atoms with Crippen LogP contribution in [0.2, 0.25) is 0 Å². The maximum absolute atomic E-state index is 13.0. The van der Waals surface area contributed by atoms with Crippen LogP contribution in [-0.4, -0.2) is 18.9 Å². The summed E-state index contributed by atoms with van der Waals surface area (Å²) in [5.41, 5.74) is 6.51. The van der Waals surface area contributed by atoms with Gasteiger partial charge in [0, 0.05) is 0 Å². The third-order valence-electron chi connectivity index (χ3n) is 3.20. The van der Waals surface area contributed by atoms with E-state index in [9.17, 15) is 30.7 Å². The van der Waals surface area contributed by atoms with Gasteiger partial charge in [-0.05, 0) is 35.4 Å². The van der Waals surface area contributed by atoms with E-state index in [1.807, 2.05) is 0 Å². The summed E-state index contributed by atoms with van der Waals surface area (Å²) in [6.45, 7) is 0. The van der Waals surface area contributed by atoms with E-state index >= 15 is 0 Å². The number of benzene rings is 2. The van der Waals surface area contributed by atoms with Crippen LogP contribution in [0, 0.1) is 0 Å². The van der Waals surface area contributed by atoms with Gasteiger partial charge in [-0.15, -0.1) is 13.2 Å². The summed E-state index contributed by atoms with van der Waals surface area (Å²) < 4.78 is 94.4. The zero-order chi connectivity index (χ0) is 19.5. The Morgan fingerprint density at radius 1 is 0.769 bits per heavy atom. The Kier molecular flexibility index (Phi) is 5.65. The molecule has 0 heterocycles. The van der Waals surface area contributed by atoms with E-state index in [4.69, 9.17) is 5.73 Å². The van der Waals surface area contributed by atoms with Crippen molar-refractivity contribution in [3.05, 3.63) is 59.7 Å². The van der Waals surface area contributed by atoms with Gasteiger partial charge >= 0.3 is 18.9 Å². The fourth-order valence-corrected chi connectivity index (χ4v) is 2.04. The van der Waals surface area contributed by atoms with Gasteiger partial charge < -0.3 is 15.2 Å². The number of hydrogen-bond acceptors (Lipinski definition) is 3. The Morgan fingerprint density at radius 2 is 1.38 bits per heavy atom. The molecule has 142 valence electrons. The van der Waals surface area contributed by atoms with Crippen molar-refractivity contribution in [2.45, 2.75) is 24.9 Å². The van der Waals surface area contributed by atoms with Crippen LogP contribution >= 0.6 is 0 Å².